The van der Waals surface area contributed by atoms with Gasteiger partial charge in [-0.1, -0.05) is 13.8 Å². The third-order valence-electron chi connectivity index (χ3n) is 3.77. The Morgan fingerprint density at radius 1 is 1.26 bits per heavy atom. The number of sulfone groups is 1. The monoisotopic (exact) mass is 282 g/mol. The molecule has 0 N–H and O–H groups in total. The highest BCUT2D eigenvalue weighted by atomic mass is 32.2. The van der Waals surface area contributed by atoms with E-state index < -0.39 is 9.84 Å². The number of anilines is 1. The summed E-state index contributed by atoms with van der Waals surface area (Å²) in [6.07, 6.45) is 4.66. The molecule has 106 valence electrons. The van der Waals surface area contributed by atoms with E-state index in [2.05, 4.69) is 35.9 Å². The van der Waals surface area contributed by atoms with Crippen LogP contribution < -0.4 is 4.90 Å². The van der Waals surface area contributed by atoms with Crippen molar-refractivity contribution in [3.8, 4) is 0 Å². The van der Waals surface area contributed by atoms with Gasteiger partial charge in [-0.3, -0.25) is 4.98 Å². The molecule has 19 heavy (non-hydrogen) atoms. The second kappa shape index (κ2) is 5.49. The normalized spacial score (nSPS) is 18.0. The minimum atomic E-state index is -2.89. The summed E-state index contributed by atoms with van der Waals surface area (Å²) in [6.45, 7) is 5.83. The van der Waals surface area contributed by atoms with Crippen molar-refractivity contribution in [3.63, 3.8) is 0 Å². The topological polar surface area (TPSA) is 50.3 Å². The average molecular weight is 282 g/mol. The number of hydrogen-bond acceptors (Lipinski definition) is 4. The molecule has 0 bridgehead atoms. The summed E-state index contributed by atoms with van der Waals surface area (Å²) in [5.41, 5.74) is 2.19. The van der Waals surface area contributed by atoms with Crippen LogP contribution in [0, 0.1) is 0 Å². The molecule has 0 aromatic carbocycles. The highest BCUT2D eigenvalue weighted by molar-refractivity contribution is 7.91. The van der Waals surface area contributed by atoms with Crippen LogP contribution in [0.4, 0.5) is 5.69 Å². The first-order valence-corrected chi connectivity index (χ1v) is 8.73. The molecule has 2 rings (SSSR count). The molecule has 0 amide bonds. The van der Waals surface area contributed by atoms with Crippen molar-refractivity contribution in [1.29, 1.82) is 0 Å². The van der Waals surface area contributed by atoms with E-state index in [0.29, 0.717) is 18.8 Å². The van der Waals surface area contributed by atoms with Gasteiger partial charge in [-0.25, -0.2) is 8.42 Å². The lowest BCUT2D eigenvalue weighted by atomic mass is 10.1. The van der Waals surface area contributed by atoms with Crippen LogP contribution in [0.2, 0.25) is 0 Å². The van der Waals surface area contributed by atoms with Gasteiger partial charge in [-0.2, -0.15) is 0 Å². The van der Waals surface area contributed by atoms with E-state index in [9.17, 15) is 8.42 Å². The second-order valence-corrected chi connectivity index (χ2v) is 7.94. The Labute approximate surface area is 115 Å². The fraction of sp³-hybridized carbons (Fsp3) is 0.643. The highest BCUT2D eigenvalue weighted by Gasteiger charge is 2.26. The Morgan fingerprint density at radius 2 is 1.89 bits per heavy atom. The lowest BCUT2D eigenvalue weighted by molar-refractivity contribution is 0.534. The van der Waals surface area contributed by atoms with Gasteiger partial charge in [0.05, 0.1) is 17.1 Å². The largest absolute Gasteiger partial charge is 0.370 e. The smallest absolute Gasteiger partial charge is 0.150 e. The molecule has 1 fully saturated rings. The first-order chi connectivity index (χ1) is 8.88. The maximum atomic E-state index is 11.5. The lowest BCUT2D eigenvalue weighted by Crippen LogP contribution is -2.39. The second-order valence-electron chi connectivity index (χ2n) is 5.61. The van der Waals surface area contributed by atoms with Gasteiger partial charge in [0.2, 0.25) is 0 Å². The van der Waals surface area contributed by atoms with E-state index in [1.54, 1.807) is 0 Å². The molecule has 0 spiro atoms. The minimum Gasteiger partial charge on any atom is -0.370 e. The Hall–Kier alpha value is -1.10. The van der Waals surface area contributed by atoms with Crippen LogP contribution in [0.15, 0.2) is 18.3 Å². The zero-order valence-corrected chi connectivity index (χ0v) is 12.7. The average Bonchev–Trinajstić information content (AvgIpc) is 2.38. The van der Waals surface area contributed by atoms with Crippen LogP contribution in [0.5, 0.6) is 0 Å². The van der Waals surface area contributed by atoms with Crippen LogP contribution in [-0.4, -0.2) is 38.0 Å². The SMILES string of the molecule is CC(C)c1ccc(N2CCC(S(C)(=O)=O)CC2)cn1. The van der Waals surface area contributed by atoms with Gasteiger partial charge in [0, 0.05) is 25.0 Å². The number of pyridine rings is 1. The molecule has 0 radical (unpaired) electrons. The minimum absolute atomic E-state index is 0.174. The van der Waals surface area contributed by atoms with E-state index in [1.807, 2.05) is 6.20 Å². The molecule has 0 atom stereocenters. The molecule has 0 aliphatic carbocycles. The zero-order chi connectivity index (χ0) is 14.0. The first kappa shape index (κ1) is 14.3. The molecule has 4 nitrogen and oxygen atoms in total. The fourth-order valence-corrected chi connectivity index (χ4v) is 3.54. The van der Waals surface area contributed by atoms with E-state index in [0.717, 1.165) is 24.5 Å². The van der Waals surface area contributed by atoms with Crippen molar-refractivity contribution in [1.82, 2.24) is 4.98 Å². The highest BCUT2D eigenvalue weighted by Crippen LogP contribution is 2.23. The Bertz CT molecular complexity index is 515. The standard InChI is InChI=1S/C14H22N2O2S/c1-11(2)14-5-4-12(10-15-14)16-8-6-13(7-9-16)19(3,17)18/h4-5,10-11,13H,6-9H2,1-3H3. The molecular weight excluding hydrogens is 260 g/mol. The Kier molecular flexibility index (Phi) is 4.13. The maximum absolute atomic E-state index is 11.5. The van der Waals surface area contributed by atoms with Gasteiger partial charge in [0.25, 0.3) is 0 Å². The van der Waals surface area contributed by atoms with Gasteiger partial charge in [0.1, 0.15) is 9.84 Å². The van der Waals surface area contributed by atoms with E-state index in [-0.39, 0.29) is 5.25 Å². The lowest BCUT2D eigenvalue weighted by Gasteiger charge is -2.32. The van der Waals surface area contributed by atoms with Crippen molar-refractivity contribution in [2.45, 2.75) is 37.9 Å². The summed E-state index contributed by atoms with van der Waals surface area (Å²) in [5, 5.41) is -0.174. The number of hydrogen-bond donors (Lipinski definition) is 0. The molecule has 1 saturated heterocycles. The van der Waals surface area contributed by atoms with Gasteiger partial charge in [0.15, 0.2) is 0 Å². The number of rotatable bonds is 3. The molecule has 2 heterocycles. The van der Waals surface area contributed by atoms with Crippen LogP contribution in [0.25, 0.3) is 0 Å². The molecule has 5 heteroatoms. The molecule has 1 aromatic heterocycles. The molecule has 1 aliphatic rings. The van der Waals surface area contributed by atoms with Crippen LogP contribution in [0.3, 0.4) is 0 Å². The van der Waals surface area contributed by atoms with E-state index in [4.69, 9.17) is 0 Å². The number of aromatic nitrogens is 1. The summed E-state index contributed by atoms with van der Waals surface area (Å²) in [7, 11) is -2.89. The number of piperidine rings is 1. The molecule has 1 aromatic rings. The van der Waals surface area contributed by atoms with E-state index >= 15 is 0 Å². The van der Waals surface area contributed by atoms with E-state index in [1.165, 1.54) is 6.26 Å². The first-order valence-electron chi connectivity index (χ1n) is 6.77. The third kappa shape index (κ3) is 3.47. The summed E-state index contributed by atoms with van der Waals surface area (Å²) < 4.78 is 23.0. The van der Waals surface area contributed by atoms with Gasteiger partial charge in [-0.05, 0) is 30.9 Å². The van der Waals surface area contributed by atoms with Gasteiger partial charge >= 0.3 is 0 Å². The number of nitrogens with zero attached hydrogens (tertiary/aromatic N) is 2. The summed E-state index contributed by atoms with van der Waals surface area (Å²) in [6, 6.07) is 4.14. The molecule has 1 aliphatic heterocycles. The predicted molar refractivity (Wildman–Crippen MR) is 78.4 cm³/mol. The Balaban J connectivity index is 2.02. The van der Waals surface area contributed by atoms with Crippen molar-refractivity contribution in [2.24, 2.45) is 0 Å². The van der Waals surface area contributed by atoms with Crippen LogP contribution >= 0.6 is 0 Å². The Morgan fingerprint density at radius 3 is 2.32 bits per heavy atom. The summed E-state index contributed by atoms with van der Waals surface area (Å²) in [5.74, 6) is 0.435. The van der Waals surface area contributed by atoms with Crippen molar-refractivity contribution < 1.29 is 8.42 Å². The molecule has 0 unspecified atom stereocenters. The van der Waals surface area contributed by atoms with Crippen LogP contribution in [0.1, 0.15) is 38.3 Å². The maximum Gasteiger partial charge on any atom is 0.150 e. The predicted octanol–water partition coefficient (Wildman–Crippen LogP) is 2.22. The molecular formula is C14H22N2O2S. The van der Waals surface area contributed by atoms with Crippen molar-refractivity contribution >= 4 is 15.5 Å². The van der Waals surface area contributed by atoms with Crippen molar-refractivity contribution in [2.75, 3.05) is 24.2 Å². The van der Waals surface area contributed by atoms with Crippen molar-refractivity contribution in [3.05, 3.63) is 24.0 Å². The van der Waals surface area contributed by atoms with Gasteiger partial charge < -0.3 is 4.90 Å². The quantitative estimate of drug-likeness (QED) is 0.853. The third-order valence-corrected chi connectivity index (χ3v) is 5.46. The van der Waals surface area contributed by atoms with Gasteiger partial charge in [-0.15, -0.1) is 0 Å². The summed E-state index contributed by atoms with van der Waals surface area (Å²) >= 11 is 0. The van der Waals surface area contributed by atoms with Crippen LogP contribution in [-0.2, 0) is 9.84 Å². The fourth-order valence-electron chi connectivity index (χ4n) is 2.47. The summed E-state index contributed by atoms with van der Waals surface area (Å²) in [4.78, 5) is 6.68. The molecule has 0 saturated carbocycles. The zero-order valence-electron chi connectivity index (χ0n) is 11.8.